The van der Waals surface area contributed by atoms with Crippen LogP contribution in [-0.4, -0.2) is 22.8 Å². The van der Waals surface area contributed by atoms with Gasteiger partial charge in [0.15, 0.2) is 0 Å². The third kappa shape index (κ3) is 1.88. The number of aromatic nitrogens is 2. The molecule has 0 aromatic carbocycles. The van der Waals surface area contributed by atoms with E-state index in [0.717, 1.165) is 44.9 Å². The zero-order valence-electron chi connectivity index (χ0n) is 9.98. The summed E-state index contributed by atoms with van der Waals surface area (Å²) in [7, 11) is 0. The fourth-order valence-corrected chi connectivity index (χ4v) is 2.83. The van der Waals surface area contributed by atoms with Gasteiger partial charge in [0, 0.05) is 38.3 Å². The van der Waals surface area contributed by atoms with Gasteiger partial charge in [-0.2, -0.15) is 0 Å². The Kier molecular flexibility index (Phi) is 2.72. The SMILES string of the molecule is CC1CCc2nc(C3CCOCC3)cn2C1. The molecule has 1 aromatic rings. The fourth-order valence-electron chi connectivity index (χ4n) is 2.83. The molecule has 0 amide bonds. The molecule has 3 rings (SSSR count). The molecular weight excluding hydrogens is 200 g/mol. The van der Waals surface area contributed by atoms with Crippen LogP contribution in [0.15, 0.2) is 6.20 Å². The van der Waals surface area contributed by atoms with Crippen LogP contribution < -0.4 is 0 Å². The first-order chi connectivity index (χ1) is 7.83. The van der Waals surface area contributed by atoms with Crippen molar-refractivity contribution >= 4 is 0 Å². The zero-order valence-corrected chi connectivity index (χ0v) is 9.98. The summed E-state index contributed by atoms with van der Waals surface area (Å²) in [6.45, 7) is 5.30. The zero-order chi connectivity index (χ0) is 11.0. The van der Waals surface area contributed by atoms with E-state index in [1.165, 1.54) is 17.9 Å². The van der Waals surface area contributed by atoms with Crippen LogP contribution in [0.4, 0.5) is 0 Å². The van der Waals surface area contributed by atoms with Crippen LogP contribution in [0.5, 0.6) is 0 Å². The van der Waals surface area contributed by atoms with Crippen molar-refractivity contribution in [3.63, 3.8) is 0 Å². The van der Waals surface area contributed by atoms with Gasteiger partial charge >= 0.3 is 0 Å². The third-order valence-corrected chi connectivity index (χ3v) is 3.89. The van der Waals surface area contributed by atoms with Crippen molar-refractivity contribution in [3.8, 4) is 0 Å². The molecule has 2 aliphatic heterocycles. The van der Waals surface area contributed by atoms with Gasteiger partial charge in [0.05, 0.1) is 5.69 Å². The van der Waals surface area contributed by atoms with E-state index in [4.69, 9.17) is 9.72 Å². The van der Waals surface area contributed by atoms with E-state index in [1.807, 2.05) is 0 Å². The largest absolute Gasteiger partial charge is 0.381 e. The van der Waals surface area contributed by atoms with Crippen LogP contribution in [0.25, 0.3) is 0 Å². The van der Waals surface area contributed by atoms with Crippen molar-refractivity contribution in [2.24, 2.45) is 5.92 Å². The molecule has 1 unspecified atom stereocenters. The summed E-state index contributed by atoms with van der Waals surface area (Å²) >= 11 is 0. The molecule has 0 spiro atoms. The highest BCUT2D eigenvalue weighted by Crippen LogP contribution is 2.28. The molecule has 1 fully saturated rings. The molecule has 0 N–H and O–H groups in total. The average Bonchev–Trinajstić information content (AvgIpc) is 2.73. The van der Waals surface area contributed by atoms with Gasteiger partial charge in [0.1, 0.15) is 5.82 Å². The van der Waals surface area contributed by atoms with E-state index in [9.17, 15) is 0 Å². The molecule has 16 heavy (non-hydrogen) atoms. The summed E-state index contributed by atoms with van der Waals surface area (Å²) in [6, 6.07) is 0. The number of imidazole rings is 1. The van der Waals surface area contributed by atoms with Crippen LogP contribution in [0.2, 0.25) is 0 Å². The second-order valence-corrected chi connectivity index (χ2v) is 5.26. The highest BCUT2D eigenvalue weighted by molar-refractivity contribution is 5.12. The van der Waals surface area contributed by atoms with Crippen LogP contribution in [0.1, 0.15) is 43.6 Å². The summed E-state index contributed by atoms with van der Waals surface area (Å²) < 4.78 is 7.78. The summed E-state index contributed by atoms with van der Waals surface area (Å²) in [6.07, 6.45) is 7.04. The number of aryl methyl sites for hydroxylation is 1. The number of fused-ring (bicyclic) bond motifs is 1. The lowest BCUT2D eigenvalue weighted by atomic mass is 9.97. The molecule has 1 atom stereocenters. The Morgan fingerprint density at radius 1 is 1.31 bits per heavy atom. The van der Waals surface area contributed by atoms with E-state index in [0.29, 0.717) is 5.92 Å². The quantitative estimate of drug-likeness (QED) is 0.726. The lowest BCUT2D eigenvalue weighted by Crippen LogP contribution is -2.17. The minimum atomic E-state index is 0.641. The molecule has 0 saturated carbocycles. The molecule has 0 radical (unpaired) electrons. The van der Waals surface area contributed by atoms with Crippen LogP contribution >= 0.6 is 0 Å². The number of nitrogens with zero attached hydrogens (tertiary/aromatic N) is 2. The Morgan fingerprint density at radius 2 is 2.12 bits per heavy atom. The smallest absolute Gasteiger partial charge is 0.108 e. The maximum atomic E-state index is 5.41. The van der Waals surface area contributed by atoms with E-state index in [-0.39, 0.29) is 0 Å². The van der Waals surface area contributed by atoms with E-state index in [1.54, 1.807) is 0 Å². The van der Waals surface area contributed by atoms with Crippen molar-refractivity contribution < 1.29 is 4.74 Å². The van der Waals surface area contributed by atoms with Crippen molar-refractivity contribution in [2.45, 2.75) is 45.1 Å². The molecule has 1 aromatic heterocycles. The van der Waals surface area contributed by atoms with Crippen molar-refractivity contribution in [1.29, 1.82) is 0 Å². The van der Waals surface area contributed by atoms with Crippen LogP contribution in [-0.2, 0) is 17.7 Å². The first kappa shape index (κ1) is 10.3. The minimum absolute atomic E-state index is 0.641. The van der Waals surface area contributed by atoms with E-state index < -0.39 is 0 Å². The van der Waals surface area contributed by atoms with Crippen LogP contribution in [0, 0.1) is 5.92 Å². The average molecular weight is 220 g/mol. The van der Waals surface area contributed by atoms with Gasteiger partial charge in [-0.05, 0) is 25.2 Å². The minimum Gasteiger partial charge on any atom is -0.381 e. The van der Waals surface area contributed by atoms with Gasteiger partial charge in [-0.1, -0.05) is 6.92 Å². The standard InChI is InChI=1S/C13H20N2O/c1-10-2-3-13-14-12(9-15(13)8-10)11-4-6-16-7-5-11/h9-11H,2-8H2,1H3. The normalized spacial score (nSPS) is 26.7. The molecule has 88 valence electrons. The van der Waals surface area contributed by atoms with Gasteiger partial charge in [0.2, 0.25) is 0 Å². The highest BCUT2D eigenvalue weighted by Gasteiger charge is 2.22. The molecule has 2 aliphatic rings. The second-order valence-electron chi connectivity index (χ2n) is 5.26. The van der Waals surface area contributed by atoms with E-state index in [2.05, 4.69) is 17.7 Å². The van der Waals surface area contributed by atoms with Crippen molar-refractivity contribution in [2.75, 3.05) is 13.2 Å². The molecule has 3 heteroatoms. The lowest BCUT2D eigenvalue weighted by Gasteiger charge is -2.20. The molecule has 0 bridgehead atoms. The second kappa shape index (κ2) is 4.21. The van der Waals surface area contributed by atoms with Crippen LogP contribution in [0.3, 0.4) is 0 Å². The molecular formula is C13H20N2O. The van der Waals surface area contributed by atoms with Gasteiger partial charge in [-0.25, -0.2) is 4.98 Å². The van der Waals surface area contributed by atoms with E-state index >= 15 is 0 Å². The first-order valence-corrected chi connectivity index (χ1v) is 6.46. The number of rotatable bonds is 1. The Hall–Kier alpha value is -0.830. The Morgan fingerprint density at radius 3 is 2.94 bits per heavy atom. The topological polar surface area (TPSA) is 27.1 Å². The highest BCUT2D eigenvalue weighted by atomic mass is 16.5. The first-order valence-electron chi connectivity index (χ1n) is 6.46. The Balaban J connectivity index is 1.80. The monoisotopic (exact) mass is 220 g/mol. The summed E-state index contributed by atoms with van der Waals surface area (Å²) in [5.41, 5.74) is 1.31. The van der Waals surface area contributed by atoms with Gasteiger partial charge in [-0.15, -0.1) is 0 Å². The lowest BCUT2D eigenvalue weighted by molar-refractivity contribution is 0.0845. The third-order valence-electron chi connectivity index (χ3n) is 3.89. The summed E-state index contributed by atoms with van der Waals surface area (Å²) in [5.74, 6) is 2.76. The molecule has 0 aliphatic carbocycles. The molecule has 3 heterocycles. The van der Waals surface area contributed by atoms with Gasteiger partial charge in [-0.3, -0.25) is 0 Å². The Labute approximate surface area is 96.8 Å². The molecule has 3 nitrogen and oxygen atoms in total. The maximum absolute atomic E-state index is 5.41. The maximum Gasteiger partial charge on any atom is 0.108 e. The molecule has 1 saturated heterocycles. The number of hydrogen-bond donors (Lipinski definition) is 0. The number of hydrogen-bond acceptors (Lipinski definition) is 2. The predicted octanol–water partition coefficient (Wildman–Crippen LogP) is 2.36. The van der Waals surface area contributed by atoms with Gasteiger partial charge < -0.3 is 9.30 Å². The van der Waals surface area contributed by atoms with Gasteiger partial charge in [0.25, 0.3) is 0 Å². The fraction of sp³-hybridized carbons (Fsp3) is 0.769. The van der Waals surface area contributed by atoms with Crippen molar-refractivity contribution in [1.82, 2.24) is 9.55 Å². The summed E-state index contributed by atoms with van der Waals surface area (Å²) in [5, 5.41) is 0. The van der Waals surface area contributed by atoms with Crippen molar-refractivity contribution in [3.05, 3.63) is 17.7 Å². The predicted molar refractivity (Wildman–Crippen MR) is 62.5 cm³/mol. The number of ether oxygens (including phenoxy) is 1. The summed E-state index contributed by atoms with van der Waals surface area (Å²) in [4.78, 5) is 4.82. The Bertz CT molecular complexity index is 366.